The molecule has 0 aliphatic rings. The average molecular weight is 183 g/mol. The van der Waals surface area contributed by atoms with Gasteiger partial charge in [0.2, 0.25) is 0 Å². The first-order valence-electron chi connectivity index (χ1n) is 3.50. The summed E-state index contributed by atoms with van der Waals surface area (Å²) in [6, 6.07) is 0. The number of nitrogens with two attached hydrogens (primary N) is 1. The van der Waals surface area contributed by atoms with Crippen molar-refractivity contribution in [1.29, 1.82) is 0 Å². The molecule has 2 N–H and O–H groups in total. The Morgan fingerprint density at radius 2 is 1.67 bits per heavy atom. The van der Waals surface area contributed by atoms with Crippen LogP contribution < -0.4 is 5.73 Å². The predicted molar refractivity (Wildman–Crippen MR) is 38.5 cm³/mol. The largest absolute Gasteiger partial charge is 0.413 e. The van der Waals surface area contributed by atoms with E-state index < -0.39 is 23.4 Å². The number of hydrogen-bond donors (Lipinski definition) is 1. The minimum atomic E-state index is -4.67. The van der Waals surface area contributed by atoms with E-state index in [2.05, 4.69) is 0 Å². The second-order valence-electron chi connectivity index (χ2n) is 3.22. The number of carbonyl (C=O) groups is 1. The Kier molecular flexibility index (Phi) is 2.90. The molecule has 0 aromatic rings. The molecule has 0 aliphatic heterocycles. The maximum Gasteiger partial charge on any atom is 0.413 e. The van der Waals surface area contributed by atoms with E-state index >= 15 is 0 Å². The molecule has 1 atom stereocenters. The molecule has 0 saturated heterocycles. The topological polar surface area (TPSA) is 43.1 Å². The number of carbonyl (C=O) groups excluding carboxylic acids is 1. The van der Waals surface area contributed by atoms with Crippen molar-refractivity contribution >= 4 is 5.78 Å². The lowest BCUT2D eigenvalue weighted by molar-refractivity contribution is -0.187. The Morgan fingerprint density at radius 1 is 1.33 bits per heavy atom. The van der Waals surface area contributed by atoms with Crippen molar-refractivity contribution < 1.29 is 18.0 Å². The van der Waals surface area contributed by atoms with Crippen LogP contribution in [-0.4, -0.2) is 17.5 Å². The molecule has 0 fully saturated rings. The fourth-order valence-corrected chi connectivity index (χ4v) is 0.739. The number of Topliss-reactive ketones (excluding diaryl/α,β-unsaturated/α-hetero) is 1. The maximum absolute atomic E-state index is 12.1. The van der Waals surface area contributed by atoms with Crippen LogP contribution in [0.25, 0.3) is 0 Å². The van der Waals surface area contributed by atoms with Gasteiger partial charge in [0, 0.05) is 5.92 Å². The summed E-state index contributed by atoms with van der Waals surface area (Å²) in [5.74, 6) is -1.70. The Hall–Kier alpha value is -0.580. The van der Waals surface area contributed by atoms with Gasteiger partial charge in [-0.1, -0.05) is 13.8 Å². The Balaban J connectivity index is 4.74. The molecule has 0 radical (unpaired) electrons. The third-order valence-corrected chi connectivity index (χ3v) is 1.63. The van der Waals surface area contributed by atoms with Crippen LogP contribution >= 0.6 is 0 Å². The molecule has 0 saturated carbocycles. The number of hydrogen-bond acceptors (Lipinski definition) is 2. The van der Waals surface area contributed by atoms with Gasteiger partial charge in [0.05, 0.1) is 0 Å². The predicted octanol–water partition coefficient (Wildman–Crippen LogP) is 1.49. The highest BCUT2D eigenvalue weighted by molar-refractivity contribution is 5.90. The zero-order valence-corrected chi connectivity index (χ0v) is 7.20. The monoisotopic (exact) mass is 183 g/mol. The van der Waals surface area contributed by atoms with E-state index in [4.69, 9.17) is 5.73 Å². The van der Waals surface area contributed by atoms with Gasteiger partial charge in [-0.25, -0.2) is 0 Å². The van der Waals surface area contributed by atoms with E-state index in [1.54, 1.807) is 0 Å². The molecule has 0 bridgehead atoms. The molecular formula is C7H12F3NO. The Morgan fingerprint density at radius 3 is 1.75 bits per heavy atom. The van der Waals surface area contributed by atoms with Gasteiger partial charge in [-0.3, -0.25) is 4.79 Å². The van der Waals surface area contributed by atoms with Crippen molar-refractivity contribution in [2.24, 2.45) is 11.7 Å². The summed E-state index contributed by atoms with van der Waals surface area (Å²) < 4.78 is 36.3. The molecule has 1 unspecified atom stereocenters. The fraction of sp³-hybridized carbons (Fsp3) is 0.857. The third kappa shape index (κ3) is 1.97. The SMILES string of the molecule is CC(C)C(=O)C(C)(N)C(F)(F)F. The van der Waals surface area contributed by atoms with Gasteiger partial charge < -0.3 is 5.73 Å². The minimum absolute atomic E-state index is 0.690. The summed E-state index contributed by atoms with van der Waals surface area (Å²) in [6.07, 6.45) is -4.67. The molecule has 0 aromatic carbocycles. The van der Waals surface area contributed by atoms with Crippen LogP contribution in [0.2, 0.25) is 0 Å². The second kappa shape index (κ2) is 3.05. The number of alkyl halides is 3. The van der Waals surface area contributed by atoms with Crippen molar-refractivity contribution in [3.63, 3.8) is 0 Å². The lowest BCUT2D eigenvalue weighted by Gasteiger charge is -2.27. The van der Waals surface area contributed by atoms with Crippen molar-refractivity contribution in [3.8, 4) is 0 Å². The van der Waals surface area contributed by atoms with Gasteiger partial charge in [0.1, 0.15) is 0 Å². The first kappa shape index (κ1) is 11.4. The van der Waals surface area contributed by atoms with Crippen molar-refractivity contribution in [2.75, 3.05) is 0 Å². The Bertz CT molecular complexity index is 184. The van der Waals surface area contributed by atoms with E-state index in [1.165, 1.54) is 13.8 Å². The number of ketones is 1. The average Bonchev–Trinajstić information content (AvgIpc) is 1.83. The molecule has 0 rings (SSSR count). The summed E-state index contributed by atoms with van der Waals surface area (Å²) in [4.78, 5) is 11.0. The van der Waals surface area contributed by atoms with Crippen LogP contribution in [0, 0.1) is 5.92 Å². The van der Waals surface area contributed by atoms with Crippen LogP contribution in [-0.2, 0) is 4.79 Å². The van der Waals surface area contributed by atoms with E-state index in [1.807, 2.05) is 0 Å². The van der Waals surface area contributed by atoms with Gasteiger partial charge in [0.25, 0.3) is 0 Å². The second-order valence-corrected chi connectivity index (χ2v) is 3.22. The molecule has 0 spiro atoms. The van der Waals surface area contributed by atoms with Crippen LogP contribution in [0.5, 0.6) is 0 Å². The van der Waals surface area contributed by atoms with Crippen LogP contribution in [0.3, 0.4) is 0 Å². The zero-order valence-electron chi connectivity index (χ0n) is 7.20. The zero-order chi connectivity index (χ0) is 10.2. The summed E-state index contributed by atoms with van der Waals surface area (Å²) in [6.45, 7) is 3.47. The first-order chi connectivity index (χ1) is 5.10. The van der Waals surface area contributed by atoms with E-state index in [-0.39, 0.29) is 0 Å². The van der Waals surface area contributed by atoms with Gasteiger partial charge in [-0.2, -0.15) is 13.2 Å². The quantitative estimate of drug-likeness (QED) is 0.704. The smallest absolute Gasteiger partial charge is 0.312 e. The molecular weight excluding hydrogens is 171 g/mol. The summed E-state index contributed by atoms with van der Waals surface area (Å²) in [7, 11) is 0. The number of halogens is 3. The highest BCUT2D eigenvalue weighted by Crippen LogP contribution is 2.30. The van der Waals surface area contributed by atoms with Gasteiger partial charge in [-0.15, -0.1) is 0 Å². The maximum atomic E-state index is 12.1. The Labute approximate surface area is 68.9 Å². The molecule has 0 aliphatic carbocycles. The summed E-state index contributed by atoms with van der Waals surface area (Å²) in [5.41, 5.74) is 2.14. The van der Waals surface area contributed by atoms with E-state index in [0.717, 1.165) is 0 Å². The lowest BCUT2D eigenvalue weighted by atomic mass is 9.89. The molecule has 0 aromatic heterocycles. The molecule has 5 heteroatoms. The number of rotatable bonds is 2. The highest BCUT2D eigenvalue weighted by Gasteiger charge is 2.53. The summed E-state index contributed by atoms with van der Waals surface area (Å²) in [5, 5.41) is 0. The lowest BCUT2D eigenvalue weighted by Crippen LogP contribution is -2.58. The third-order valence-electron chi connectivity index (χ3n) is 1.63. The van der Waals surface area contributed by atoms with E-state index in [0.29, 0.717) is 6.92 Å². The molecule has 12 heavy (non-hydrogen) atoms. The van der Waals surface area contributed by atoms with Crippen molar-refractivity contribution in [1.82, 2.24) is 0 Å². The summed E-state index contributed by atoms with van der Waals surface area (Å²) >= 11 is 0. The standard InChI is InChI=1S/C7H12F3NO/c1-4(2)5(12)6(3,11)7(8,9)10/h4H,11H2,1-3H3. The molecule has 72 valence electrons. The van der Waals surface area contributed by atoms with Crippen molar-refractivity contribution in [3.05, 3.63) is 0 Å². The molecule has 2 nitrogen and oxygen atoms in total. The van der Waals surface area contributed by atoms with Gasteiger partial charge in [0.15, 0.2) is 11.3 Å². The van der Waals surface area contributed by atoms with Crippen LogP contribution in [0.1, 0.15) is 20.8 Å². The van der Waals surface area contributed by atoms with E-state index in [9.17, 15) is 18.0 Å². The first-order valence-corrected chi connectivity index (χ1v) is 3.50. The fourth-order valence-electron chi connectivity index (χ4n) is 0.739. The normalized spacial score (nSPS) is 17.7. The van der Waals surface area contributed by atoms with Crippen LogP contribution in [0.15, 0.2) is 0 Å². The minimum Gasteiger partial charge on any atom is -0.312 e. The molecule has 0 amide bonds. The highest BCUT2D eigenvalue weighted by atomic mass is 19.4. The molecule has 0 heterocycles. The van der Waals surface area contributed by atoms with Crippen LogP contribution in [0.4, 0.5) is 13.2 Å². The van der Waals surface area contributed by atoms with Gasteiger partial charge in [-0.05, 0) is 6.92 Å². The van der Waals surface area contributed by atoms with Crippen molar-refractivity contribution in [2.45, 2.75) is 32.5 Å². The van der Waals surface area contributed by atoms with Gasteiger partial charge >= 0.3 is 6.18 Å².